The highest BCUT2D eigenvalue weighted by molar-refractivity contribution is 7.99. The maximum atomic E-state index is 13.3. The van der Waals surface area contributed by atoms with Crippen LogP contribution in [0.25, 0.3) is 0 Å². The Bertz CT molecular complexity index is 560. The summed E-state index contributed by atoms with van der Waals surface area (Å²) >= 11 is 1.10. The van der Waals surface area contributed by atoms with Gasteiger partial charge in [-0.25, -0.2) is 14.2 Å². The standard InChI is InChI=1S/C12H8FNO2S/c13-10-5-2-6-14-11(10)17-9-4-1-3-8(7-9)12(15)16/h1-7H,(H,15,16). The zero-order valence-corrected chi connectivity index (χ0v) is 9.45. The summed E-state index contributed by atoms with van der Waals surface area (Å²) in [6.45, 7) is 0. The van der Waals surface area contributed by atoms with Crippen LogP contribution in [0.3, 0.4) is 0 Å². The van der Waals surface area contributed by atoms with Gasteiger partial charge in [-0.05, 0) is 30.3 Å². The lowest BCUT2D eigenvalue weighted by atomic mass is 10.2. The van der Waals surface area contributed by atoms with Crippen molar-refractivity contribution in [3.63, 3.8) is 0 Å². The monoisotopic (exact) mass is 249 g/mol. The second kappa shape index (κ2) is 4.97. The average molecular weight is 249 g/mol. The molecule has 0 radical (unpaired) electrons. The van der Waals surface area contributed by atoms with E-state index in [1.165, 1.54) is 30.5 Å². The zero-order chi connectivity index (χ0) is 12.3. The summed E-state index contributed by atoms with van der Waals surface area (Å²) in [7, 11) is 0. The van der Waals surface area contributed by atoms with Gasteiger partial charge >= 0.3 is 5.97 Å². The maximum Gasteiger partial charge on any atom is 0.335 e. The van der Waals surface area contributed by atoms with Crippen LogP contribution < -0.4 is 0 Å². The van der Waals surface area contributed by atoms with Gasteiger partial charge in [-0.2, -0.15) is 0 Å². The Morgan fingerprint density at radius 2 is 2.12 bits per heavy atom. The van der Waals surface area contributed by atoms with Gasteiger partial charge in [0.15, 0.2) is 5.82 Å². The normalized spacial score (nSPS) is 10.2. The van der Waals surface area contributed by atoms with E-state index in [1.807, 2.05) is 0 Å². The third kappa shape index (κ3) is 2.82. The molecule has 0 bridgehead atoms. The van der Waals surface area contributed by atoms with E-state index < -0.39 is 11.8 Å². The number of pyridine rings is 1. The Hall–Kier alpha value is -1.88. The van der Waals surface area contributed by atoms with Crippen molar-refractivity contribution in [2.24, 2.45) is 0 Å². The van der Waals surface area contributed by atoms with E-state index >= 15 is 0 Å². The quantitative estimate of drug-likeness (QED) is 0.908. The molecule has 2 aromatic rings. The van der Waals surface area contributed by atoms with Gasteiger partial charge in [0.2, 0.25) is 0 Å². The molecule has 5 heteroatoms. The molecule has 0 fully saturated rings. The number of rotatable bonds is 3. The third-order valence-corrected chi connectivity index (χ3v) is 3.00. The number of aromatic carboxylic acids is 1. The van der Waals surface area contributed by atoms with Crippen molar-refractivity contribution in [2.75, 3.05) is 0 Å². The first kappa shape index (κ1) is 11.6. The van der Waals surface area contributed by atoms with Crippen molar-refractivity contribution >= 4 is 17.7 Å². The molecule has 17 heavy (non-hydrogen) atoms. The number of carbonyl (C=O) groups is 1. The van der Waals surface area contributed by atoms with Crippen molar-refractivity contribution in [2.45, 2.75) is 9.92 Å². The van der Waals surface area contributed by atoms with Gasteiger partial charge in [0.05, 0.1) is 5.56 Å². The fourth-order valence-electron chi connectivity index (χ4n) is 1.25. The molecule has 1 aromatic carbocycles. The van der Waals surface area contributed by atoms with Crippen molar-refractivity contribution in [1.29, 1.82) is 0 Å². The van der Waals surface area contributed by atoms with E-state index in [1.54, 1.807) is 12.1 Å². The zero-order valence-electron chi connectivity index (χ0n) is 8.63. The first-order valence-electron chi connectivity index (χ1n) is 4.78. The van der Waals surface area contributed by atoms with Crippen LogP contribution in [0.5, 0.6) is 0 Å². The highest BCUT2D eigenvalue weighted by Crippen LogP contribution is 2.28. The minimum Gasteiger partial charge on any atom is -0.478 e. The fraction of sp³-hybridized carbons (Fsp3) is 0. The van der Waals surface area contributed by atoms with Crippen LogP contribution in [-0.4, -0.2) is 16.1 Å². The molecule has 0 aliphatic heterocycles. The van der Waals surface area contributed by atoms with Crippen LogP contribution in [0.15, 0.2) is 52.5 Å². The Morgan fingerprint density at radius 1 is 1.29 bits per heavy atom. The van der Waals surface area contributed by atoms with E-state index in [2.05, 4.69) is 4.98 Å². The van der Waals surface area contributed by atoms with Crippen molar-refractivity contribution in [3.05, 3.63) is 54.0 Å². The Morgan fingerprint density at radius 3 is 2.82 bits per heavy atom. The van der Waals surface area contributed by atoms with Gasteiger partial charge in [-0.1, -0.05) is 17.8 Å². The number of carboxylic acid groups (broad SMARTS) is 1. The minimum atomic E-state index is -1.01. The number of hydrogen-bond acceptors (Lipinski definition) is 3. The molecule has 0 amide bonds. The molecule has 1 heterocycles. The van der Waals surface area contributed by atoms with E-state index in [4.69, 9.17) is 5.11 Å². The summed E-state index contributed by atoms with van der Waals surface area (Å²) in [5.41, 5.74) is 0.173. The molecule has 1 aromatic heterocycles. The first-order chi connectivity index (χ1) is 8.16. The first-order valence-corrected chi connectivity index (χ1v) is 5.60. The Labute approximate surface area is 101 Å². The van der Waals surface area contributed by atoms with Crippen LogP contribution in [0.4, 0.5) is 4.39 Å². The number of carboxylic acids is 1. The van der Waals surface area contributed by atoms with Gasteiger partial charge in [0.25, 0.3) is 0 Å². The second-order valence-electron chi connectivity index (χ2n) is 3.23. The van der Waals surface area contributed by atoms with Crippen molar-refractivity contribution in [1.82, 2.24) is 4.98 Å². The molecule has 0 spiro atoms. The topological polar surface area (TPSA) is 50.2 Å². The fourth-order valence-corrected chi connectivity index (χ4v) is 2.09. The number of aromatic nitrogens is 1. The van der Waals surface area contributed by atoms with Crippen LogP contribution >= 0.6 is 11.8 Å². The van der Waals surface area contributed by atoms with Crippen LogP contribution in [0.2, 0.25) is 0 Å². The van der Waals surface area contributed by atoms with Crippen molar-refractivity contribution in [3.8, 4) is 0 Å². The molecule has 0 saturated carbocycles. The highest BCUT2D eigenvalue weighted by atomic mass is 32.2. The van der Waals surface area contributed by atoms with Crippen molar-refractivity contribution < 1.29 is 14.3 Å². The Balaban J connectivity index is 2.28. The molecule has 86 valence electrons. The van der Waals surface area contributed by atoms with E-state index in [0.717, 1.165) is 11.8 Å². The number of benzene rings is 1. The molecule has 0 unspecified atom stereocenters. The third-order valence-electron chi connectivity index (χ3n) is 2.02. The smallest absolute Gasteiger partial charge is 0.335 e. The number of halogens is 1. The summed E-state index contributed by atoms with van der Waals surface area (Å²) in [5.74, 6) is -1.42. The highest BCUT2D eigenvalue weighted by Gasteiger charge is 2.07. The predicted molar refractivity (Wildman–Crippen MR) is 61.7 cm³/mol. The van der Waals surface area contributed by atoms with Gasteiger partial charge < -0.3 is 5.11 Å². The second-order valence-corrected chi connectivity index (χ2v) is 4.29. The molecule has 0 saturated heterocycles. The molecule has 0 aliphatic carbocycles. The van der Waals surface area contributed by atoms with Gasteiger partial charge in [0, 0.05) is 11.1 Å². The van der Waals surface area contributed by atoms with Gasteiger partial charge in [-0.3, -0.25) is 0 Å². The lowest BCUT2D eigenvalue weighted by Gasteiger charge is -2.02. The molecule has 3 nitrogen and oxygen atoms in total. The summed E-state index contributed by atoms with van der Waals surface area (Å²) in [6, 6.07) is 9.13. The van der Waals surface area contributed by atoms with Crippen LogP contribution in [0.1, 0.15) is 10.4 Å². The molecular formula is C12H8FNO2S. The lowest BCUT2D eigenvalue weighted by molar-refractivity contribution is 0.0696. The summed E-state index contributed by atoms with van der Waals surface area (Å²) < 4.78 is 13.3. The maximum absolute atomic E-state index is 13.3. The summed E-state index contributed by atoms with van der Waals surface area (Å²) in [4.78, 5) is 15.3. The van der Waals surface area contributed by atoms with Gasteiger partial charge in [-0.15, -0.1) is 0 Å². The minimum absolute atomic E-state index is 0.173. The average Bonchev–Trinajstić information content (AvgIpc) is 2.32. The van der Waals surface area contributed by atoms with E-state index in [9.17, 15) is 9.18 Å². The summed E-state index contributed by atoms with van der Waals surface area (Å²) in [6.07, 6.45) is 1.49. The van der Waals surface area contributed by atoms with Crippen LogP contribution in [0, 0.1) is 5.82 Å². The van der Waals surface area contributed by atoms with Crippen LogP contribution in [-0.2, 0) is 0 Å². The molecule has 2 rings (SSSR count). The number of nitrogens with zero attached hydrogens (tertiary/aromatic N) is 1. The summed E-state index contributed by atoms with van der Waals surface area (Å²) in [5, 5.41) is 9.06. The molecule has 1 N–H and O–H groups in total. The Kier molecular flexibility index (Phi) is 3.39. The van der Waals surface area contributed by atoms with E-state index in [0.29, 0.717) is 4.90 Å². The molecule has 0 atom stereocenters. The number of hydrogen-bond donors (Lipinski definition) is 1. The van der Waals surface area contributed by atoms with E-state index in [-0.39, 0.29) is 10.6 Å². The molecule has 0 aliphatic rings. The lowest BCUT2D eigenvalue weighted by Crippen LogP contribution is -1.95. The molecular weight excluding hydrogens is 241 g/mol. The van der Waals surface area contributed by atoms with Gasteiger partial charge in [0.1, 0.15) is 5.03 Å². The SMILES string of the molecule is O=C(O)c1cccc(Sc2ncccc2F)c1. The predicted octanol–water partition coefficient (Wildman–Crippen LogP) is 3.07. The largest absolute Gasteiger partial charge is 0.478 e.